The second-order valence-corrected chi connectivity index (χ2v) is 34.0. The minimum Gasteiger partial charge on any atom is -0.463 e. The first-order valence-electron chi connectivity index (χ1n) is 42.1. The Bertz CT molecular complexity index is 4950. The first kappa shape index (κ1) is 89.9. The van der Waals surface area contributed by atoms with E-state index in [1.807, 2.05) is 26.0 Å². The number of imidazole rings is 4. The van der Waals surface area contributed by atoms with Gasteiger partial charge in [-0.15, -0.1) is 0 Å². The predicted octanol–water partition coefficient (Wildman–Crippen LogP) is 7.28. The van der Waals surface area contributed by atoms with Crippen molar-refractivity contribution in [1.29, 1.82) is 0 Å². The highest BCUT2D eigenvalue weighted by atomic mass is 16.6. The maximum Gasteiger partial charge on any atom is 0.338 e. The summed E-state index contributed by atoms with van der Waals surface area (Å²) < 4.78 is 50.7. The summed E-state index contributed by atoms with van der Waals surface area (Å²) in [4.78, 5) is 91.6. The maximum absolute atomic E-state index is 12.2. The van der Waals surface area contributed by atoms with Crippen LogP contribution in [0.3, 0.4) is 0 Å². The summed E-state index contributed by atoms with van der Waals surface area (Å²) in [7, 11) is 0. The minimum atomic E-state index is -1.24. The molecule has 0 unspecified atom stereocenters. The van der Waals surface area contributed by atoms with Crippen molar-refractivity contribution in [2.45, 2.75) is 287 Å². The summed E-state index contributed by atoms with van der Waals surface area (Å²) in [6.45, 7) is 12.0. The SMILES string of the molecule is C.CC(C)(C)C(=O)OC[C@H]1O[C@@H](n2cnc3c(NC4CCCC4)ncnc32)[C@H](O)[C@@H]1O.CC(C)C(=O)OC[C@H]1O[C@@H](n2cnc3c(NC4CCCC4)ccnc32)[C@H](O)[C@@H]1O.CC(C)CC(=O)OC[C@H]1O[C@@H](n2cnc3c(NC4CCCC4)ccnc32)[C@H](O)[C@@H]1O.O=C(OC[C@H]1O[C@@H](n2cnc3c(NC4CCCC4)ncnc32)[C@H](O)[C@@H]1O)c1ccccc1. The molecule has 122 heavy (non-hydrogen) atoms. The van der Waals surface area contributed by atoms with E-state index in [1.165, 1.54) is 76.7 Å². The van der Waals surface area contributed by atoms with Crippen molar-refractivity contribution in [1.82, 2.24) is 68.1 Å². The van der Waals surface area contributed by atoms with E-state index in [4.69, 9.17) is 37.9 Å². The van der Waals surface area contributed by atoms with Crippen LogP contribution in [0, 0.1) is 17.3 Å². The van der Waals surface area contributed by atoms with Gasteiger partial charge in [0.1, 0.15) is 123 Å². The zero-order valence-corrected chi connectivity index (χ0v) is 68.9. The molecule has 4 aliphatic heterocycles. The van der Waals surface area contributed by atoms with Gasteiger partial charge >= 0.3 is 23.9 Å². The van der Waals surface area contributed by atoms with Gasteiger partial charge in [-0.2, -0.15) is 0 Å². The molecule has 12 heterocycles. The standard InChI is InChI=1S/C22H25N5O5.C21H30N4O5.C20H29N5O5.C20H28N4O5.CH4/c28-17-15(10-31-22(30)13-6-2-1-3-7-13)32-21(18(17)29)27-12-25-16-19(23-11-24-20(16)27)26-14-8-4-5-9-14;1-12(2)9-16(26)29-10-15-18(27)19(28)21(30-15)25-11-23-17-14(7-8-22-20(17)25)24-13-5-3-4-6-13;1-20(2,3)19(28)29-8-12-14(26)15(27)18(30-12)25-10-23-13-16(21-9-22-17(13)25)24-11-6-4-5-7-11;1-11(2)20(27)28-9-14-16(25)17(26)19(29-14)24-10-22-15-13(7-8-21-18(15)24)23-12-5-3-4-6-12;/h1-3,6-7,11-12,14-15,17-18,21,28-29H,4-5,8-10H2,(H,23,24,26);7-8,11-13,15,18-19,21,27-28H,3-6,9-10H2,1-2H3,(H,22,24);9-12,14-15,18,26-27H,4-8H2,1-3H3,(H,21,22,24);7-8,10-12,14,16-17,19,25-26H,3-6,9H2,1-2H3,(H,21,23);1H4/t15-,17-,18-,21-;15-,18-,19-,21-;12-,14-,15-,18-;14-,16-,17-,19-;/m1111./s1. The monoisotopic (exact) mass is 1700 g/mol. The molecule has 38 nitrogen and oxygen atoms in total. The van der Waals surface area contributed by atoms with E-state index in [0.717, 1.165) is 62.7 Å². The van der Waals surface area contributed by atoms with Crippen LogP contribution < -0.4 is 21.3 Å². The zero-order valence-electron chi connectivity index (χ0n) is 68.9. The van der Waals surface area contributed by atoms with Gasteiger partial charge in [0.2, 0.25) is 0 Å². The van der Waals surface area contributed by atoms with Gasteiger partial charge in [-0.25, -0.2) is 54.6 Å². The molecule has 4 saturated carbocycles. The molecule has 1 aromatic carbocycles. The number of aliphatic hydroxyl groups is 8. The fourth-order valence-corrected chi connectivity index (χ4v) is 16.3. The van der Waals surface area contributed by atoms with E-state index >= 15 is 0 Å². The normalized spacial score (nSPS) is 26.9. The van der Waals surface area contributed by atoms with Crippen LogP contribution in [-0.4, -0.2) is 257 Å². The highest BCUT2D eigenvalue weighted by molar-refractivity contribution is 5.90. The second kappa shape index (κ2) is 40.2. The molecule has 9 aromatic rings. The molecule has 8 fully saturated rings. The first-order chi connectivity index (χ1) is 58.3. The van der Waals surface area contributed by atoms with Crippen LogP contribution in [0.4, 0.5) is 23.0 Å². The van der Waals surface area contributed by atoms with Crippen molar-refractivity contribution in [3.63, 3.8) is 0 Å². The number of hydrogen-bond donors (Lipinski definition) is 12. The lowest BCUT2D eigenvalue weighted by Crippen LogP contribution is -2.35. The topological polar surface area (TPSA) is 501 Å². The number of fused-ring (bicyclic) bond motifs is 4. The lowest BCUT2D eigenvalue weighted by atomic mass is 9.97. The van der Waals surface area contributed by atoms with Crippen molar-refractivity contribution >= 4 is 91.5 Å². The number of nitrogens with one attached hydrogen (secondary N) is 4. The Morgan fingerprint density at radius 1 is 0.418 bits per heavy atom. The summed E-state index contributed by atoms with van der Waals surface area (Å²) >= 11 is 0. The van der Waals surface area contributed by atoms with E-state index in [-0.39, 0.29) is 57.6 Å². The van der Waals surface area contributed by atoms with Crippen LogP contribution in [0.2, 0.25) is 0 Å². The van der Waals surface area contributed by atoms with Gasteiger partial charge in [0.05, 0.1) is 53.6 Å². The Balaban J connectivity index is 0.000000140. The third-order valence-electron chi connectivity index (χ3n) is 23.1. The number of pyridine rings is 2. The van der Waals surface area contributed by atoms with Crippen LogP contribution >= 0.6 is 0 Å². The number of carbonyl (C=O) groups excluding carboxylic acids is 4. The van der Waals surface area contributed by atoms with E-state index in [1.54, 1.807) is 108 Å². The van der Waals surface area contributed by atoms with Crippen LogP contribution in [0.15, 0.2) is 92.8 Å². The number of nitrogens with zero attached hydrogens (tertiary/aromatic N) is 14. The van der Waals surface area contributed by atoms with Gasteiger partial charge in [-0.05, 0) is 102 Å². The van der Waals surface area contributed by atoms with Crippen LogP contribution in [0.25, 0.3) is 44.7 Å². The van der Waals surface area contributed by atoms with E-state index < -0.39 is 116 Å². The van der Waals surface area contributed by atoms with E-state index in [2.05, 4.69) is 71.1 Å². The van der Waals surface area contributed by atoms with Crippen LogP contribution in [0.1, 0.15) is 200 Å². The number of rotatable bonds is 24. The minimum absolute atomic E-state index is 0. The number of aliphatic hydroxyl groups excluding tert-OH is 8. The summed E-state index contributed by atoms with van der Waals surface area (Å²) in [5, 5.41) is 97.9. The van der Waals surface area contributed by atoms with Gasteiger partial charge in [-0.3, -0.25) is 32.7 Å². The lowest BCUT2D eigenvalue weighted by Gasteiger charge is -2.20. The summed E-state index contributed by atoms with van der Waals surface area (Å²) in [6.07, 6.45) is 14.7. The van der Waals surface area contributed by atoms with Gasteiger partial charge in [0.25, 0.3) is 0 Å². The molecule has 8 aromatic heterocycles. The van der Waals surface area contributed by atoms with Crippen molar-refractivity contribution in [3.8, 4) is 0 Å². The molecule has 4 saturated heterocycles. The molecular weight excluding hydrogens is 1580 g/mol. The lowest BCUT2D eigenvalue weighted by molar-refractivity contribution is -0.159. The molecule has 17 rings (SSSR count). The fourth-order valence-electron chi connectivity index (χ4n) is 16.3. The molecule has 8 aliphatic rings. The zero-order chi connectivity index (χ0) is 85.3. The Morgan fingerprint density at radius 3 is 1.11 bits per heavy atom. The van der Waals surface area contributed by atoms with Crippen molar-refractivity contribution in [2.75, 3.05) is 47.7 Å². The molecule has 0 radical (unpaired) electrons. The van der Waals surface area contributed by atoms with Crippen LogP contribution in [-0.2, 0) is 52.3 Å². The quantitative estimate of drug-likeness (QED) is 0.0209. The average Bonchev–Trinajstić information content (AvgIpc) is 1.63. The molecule has 662 valence electrons. The highest BCUT2D eigenvalue weighted by Crippen LogP contribution is 2.40. The van der Waals surface area contributed by atoms with Gasteiger partial charge < -0.3 is 100 Å². The molecule has 4 aliphatic carbocycles. The number of anilines is 4. The van der Waals surface area contributed by atoms with Crippen molar-refractivity contribution in [3.05, 3.63) is 98.4 Å². The van der Waals surface area contributed by atoms with Gasteiger partial charge in [0, 0.05) is 43.0 Å². The van der Waals surface area contributed by atoms with Crippen molar-refractivity contribution < 1.29 is 97.9 Å². The second-order valence-electron chi connectivity index (χ2n) is 34.0. The molecule has 16 atom stereocenters. The summed E-state index contributed by atoms with van der Waals surface area (Å²) in [6, 6.07) is 13.9. The number of ether oxygens (including phenoxy) is 8. The number of esters is 4. The Kier molecular flexibility index (Phi) is 29.6. The molecular formula is C84H116N18O20. The number of benzene rings is 1. The number of aromatic nitrogens is 14. The summed E-state index contributed by atoms with van der Waals surface area (Å²) in [5.41, 5.74) is 6.18. The number of carbonyl (C=O) groups is 4. The smallest absolute Gasteiger partial charge is 0.338 e. The number of hydrogen-bond acceptors (Lipinski definition) is 34. The van der Waals surface area contributed by atoms with Crippen molar-refractivity contribution in [2.24, 2.45) is 17.3 Å². The van der Waals surface area contributed by atoms with Gasteiger partial charge in [0.15, 0.2) is 70.2 Å². The molecule has 12 N–H and O–H groups in total. The Hall–Kier alpha value is -9.84. The predicted molar refractivity (Wildman–Crippen MR) is 443 cm³/mol. The van der Waals surface area contributed by atoms with E-state index in [0.29, 0.717) is 92.4 Å². The average molecular weight is 1700 g/mol. The molecule has 0 spiro atoms. The molecule has 38 heteroatoms. The first-order valence-corrected chi connectivity index (χ1v) is 42.1. The Morgan fingerprint density at radius 2 is 0.754 bits per heavy atom. The van der Waals surface area contributed by atoms with E-state index in [9.17, 15) is 60.0 Å². The highest BCUT2D eigenvalue weighted by Gasteiger charge is 2.49. The van der Waals surface area contributed by atoms with Gasteiger partial charge in [-0.1, -0.05) is 105 Å². The molecule has 0 bridgehead atoms. The molecule has 0 amide bonds. The largest absolute Gasteiger partial charge is 0.463 e. The summed E-state index contributed by atoms with van der Waals surface area (Å²) in [5.74, 6) is -0.464. The third kappa shape index (κ3) is 20.6. The Labute approximate surface area is 705 Å². The maximum atomic E-state index is 12.2. The fraction of sp³-hybridized carbons (Fsp3) is 0.619. The van der Waals surface area contributed by atoms with Crippen LogP contribution in [0.5, 0.6) is 0 Å². The third-order valence-corrected chi connectivity index (χ3v) is 23.1.